The molecule has 1 aromatic carbocycles. The van der Waals surface area contributed by atoms with Crippen LogP contribution in [0.1, 0.15) is 24.8 Å². The molecule has 0 spiro atoms. The highest BCUT2D eigenvalue weighted by Crippen LogP contribution is 2.39. The van der Waals surface area contributed by atoms with Gasteiger partial charge in [0.1, 0.15) is 5.69 Å². The monoisotopic (exact) mass is 304 g/mol. The molecule has 0 radical (unpaired) electrons. The zero-order valence-electron chi connectivity index (χ0n) is 11.1. The molecule has 0 aromatic heterocycles. The number of aliphatic hydroxyl groups is 1. The molecule has 0 amide bonds. The van der Waals surface area contributed by atoms with Crippen molar-refractivity contribution < 1.29 is 23.2 Å². The van der Waals surface area contributed by atoms with E-state index in [2.05, 4.69) is 0 Å². The van der Waals surface area contributed by atoms with E-state index in [0.29, 0.717) is 6.07 Å². The predicted molar refractivity (Wildman–Crippen MR) is 70.2 cm³/mol. The summed E-state index contributed by atoms with van der Waals surface area (Å²) in [4.78, 5) is 11.9. The van der Waals surface area contributed by atoms with E-state index in [0.717, 1.165) is 31.4 Å². The Morgan fingerprint density at radius 2 is 2.05 bits per heavy atom. The van der Waals surface area contributed by atoms with Gasteiger partial charge in [-0.2, -0.15) is 13.2 Å². The molecule has 0 saturated heterocycles. The fourth-order valence-electron chi connectivity index (χ4n) is 2.39. The summed E-state index contributed by atoms with van der Waals surface area (Å²) in [6, 6.07) is 2.55. The zero-order chi connectivity index (χ0) is 15.6. The lowest BCUT2D eigenvalue weighted by Crippen LogP contribution is -2.42. The van der Waals surface area contributed by atoms with Crippen LogP contribution >= 0.6 is 0 Å². The summed E-state index contributed by atoms with van der Waals surface area (Å²) in [5.74, 6) is 0. The fourth-order valence-corrected chi connectivity index (χ4v) is 2.39. The van der Waals surface area contributed by atoms with Gasteiger partial charge >= 0.3 is 6.18 Å². The molecule has 1 aliphatic rings. The lowest BCUT2D eigenvalue weighted by Gasteiger charge is -2.38. The van der Waals surface area contributed by atoms with Crippen LogP contribution in [0.5, 0.6) is 0 Å². The Balaban J connectivity index is 2.43. The minimum Gasteiger partial charge on any atom is -0.395 e. The first-order chi connectivity index (χ1) is 9.84. The van der Waals surface area contributed by atoms with Crippen molar-refractivity contribution in [1.82, 2.24) is 0 Å². The predicted octanol–water partition coefficient (Wildman–Crippen LogP) is 2.96. The van der Waals surface area contributed by atoms with Crippen LogP contribution in [-0.4, -0.2) is 29.2 Å². The van der Waals surface area contributed by atoms with Crippen molar-refractivity contribution in [2.45, 2.75) is 31.5 Å². The van der Waals surface area contributed by atoms with E-state index in [1.807, 2.05) is 0 Å². The molecule has 8 heteroatoms. The third-order valence-corrected chi connectivity index (χ3v) is 3.67. The number of halogens is 3. The number of alkyl halides is 3. The van der Waals surface area contributed by atoms with E-state index in [1.54, 1.807) is 4.90 Å². The number of nitro groups is 1. The number of benzene rings is 1. The van der Waals surface area contributed by atoms with Crippen LogP contribution in [-0.2, 0) is 6.18 Å². The number of hydrogen-bond acceptors (Lipinski definition) is 4. The summed E-state index contributed by atoms with van der Waals surface area (Å²) in [5, 5.41) is 20.2. The van der Waals surface area contributed by atoms with Gasteiger partial charge in [-0.15, -0.1) is 0 Å². The third-order valence-electron chi connectivity index (χ3n) is 3.67. The van der Waals surface area contributed by atoms with Crippen LogP contribution < -0.4 is 4.90 Å². The minimum atomic E-state index is -4.62. The van der Waals surface area contributed by atoms with Gasteiger partial charge in [-0.3, -0.25) is 10.1 Å². The van der Waals surface area contributed by atoms with E-state index in [-0.39, 0.29) is 24.9 Å². The highest BCUT2D eigenvalue weighted by Gasteiger charge is 2.35. The Bertz CT molecular complexity index is 530. The lowest BCUT2D eigenvalue weighted by molar-refractivity contribution is -0.384. The number of anilines is 1. The number of nitrogens with zero attached hydrogens (tertiary/aromatic N) is 2. The van der Waals surface area contributed by atoms with E-state index >= 15 is 0 Å². The quantitative estimate of drug-likeness (QED) is 0.671. The Labute approximate surface area is 119 Å². The van der Waals surface area contributed by atoms with Crippen LogP contribution in [0.25, 0.3) is 0 Å². The molecule has 2 rings (SSSR count). The summed E-state index contributed by atoms with van der Waals surface area (Å²) in [6.45, 7) is -0.0501. The van der Waals surface area contributed by atoms with Crippen molar-refractivity contribution in [1.29, 1.82) is 0 Å². The second-order valence-electron chi connectivity index (χ2n) is 4.96. The Morgan fingerprint density at radius 1 is 1.38 bits per heavy atom. The van der Waals surface area contributed by atoms with E-state index in [1.165, 1.54) is 0 Å². The molecule has 0 unspecified atom stereocenters. The zero-order valence-corrected chi connectivity index (χ0v) is 11.1. The third kappa shape index (κ3) is 3.26. The van der Waals surface area contributed by atoms with Crippen molar-refractivity contribution in [2.24, 2.45) is 0 Å². The van der Waals surface area contributed by atoms with Gasteiger partial charge in [0, 0.05) is 18.7 Å². The van der Waals surface area contributed by atoms with E-state index in [4.69, 9.17) is 5.11 Å². The van der Waals surface area contributed by atoms with Crippen LogP contribution in [0.4, 0.5) is 24.5 Å². The summed E-state index contributed by atoms with van der Waals surface area (Å²) in [5.41, 5.74) is -1.49. The van der Waals surface area contributed by atoms with Crippen LogP contribution in [0.15, 0.2) is 18.2 Å². The fraction of sp³-hybridized carbons (Fsp3) is 0.538. The number of aliphatic hydroxyl groups excluding tert-OH is 1. The van der Waals surface area contributed by atoms with Crippen molar-refractivity contribution in [3.05, 3.63) is 33.9 Å². The molecule has 1 aromatic rings. The standard InChI is InChI=1S/C13H15F3N2O3/c14-13(15,16)9-4-5-11(12(8-9)18(20)21)17(6-7-19)10-2-1-3-10/h4-5,8,10,19H,1-3,6-7H2. The SMILES string of the molecule is O=[N+]([O-])c1cc(C(F)(F)F)ccc1N(CCO)C1CCC1. The average molecular weight is 304 g/mol. The Kier molecular flexibility index (Phi) is 4.36. The molecule has 1 aliphatic carbocycles. The van der Waals surface area contributed by atoms with Crippen LogP contribution in [0, 0.1) is 10.1 Å². The van der Waals surface area contributed by atoms with E-state index in [9.17, 15) is 23.3 Å². The summed E-state index contributed by atoms with van der Waals surface area (Å²) in [7, 11) is 0. The van der Waals surface area contributed by atoms with Crippen molar-refractivity contribution in [3.63, 3.8) is 0 Å². The molecule has 0 aliphatic heterocycles. The number of rotatable bonds is 5. The largest absolute Gasteiger partial charge is 0.416 e. The van der Waals surface area contributed by atoms with Gasteiger partial charge in [-0.25, -0.2) is 0 Å². The molecule has 0 bridgehead atoms. The molecule has 1 N–H and O–H groups in total. The average Bonchev–Trinajstić information content (AvgIpc) is 2.34. The minimum absolute atomic E-state index is 0.0348. The van der Waals surface area contributed by atoms with Gasteiger partial charge in [0.2, 0.25) is 0 Å². The second-order valence-corrected chi connectivity index (χ2v) is 4.96. The van der Waals surface area contributed by atoms with Crippen molar-refractivity contribution in [3.8, 4) is 0 Å². The molecule has 1 saturated carbocycles. The summed E-state index contributed by atoms with van der Waals surface area (Å²) < 4.78 is 38.0. The van der Waals surface area contributed by atoms with Gasteiger partial charge in [-0.1, -0.05) is 0 Å². The van der Waals surface area contributed by atoms with Gasteiger partial charge in [0.15, 0.2) is 0 Å². The molecular formula is C13H15F3N2O3. The maximum atomic E-state index is 12.7. The lowest BCUT2D eigenvalue weighted by atomic mass is 9.90. The van der Waals surface area contributed by atoms with Gasteiger partial charge < -0.3 is 10.0 Å². The first-order valence-electron chi connectivity index (χ1n) is 6.57. The van der Waals surface area contributed by atoms with Gasteiger partial charge in [0.25, 0.3) is 5.69 Å². The number of nitro benzene ring substituents is 1. The molecule has 5 nitrogen and oxygen atoms in total. The summed E-state index contributed by atoms with van der Waals surface area (Å²) >= 11 is 0. The Morgan fingerprint density at radius 3 is 2.48 bits per heavy atom. The Hall–Kier alpha value is -1.83. The first kappa shape index (κ1) is 15.6. The number of hydrogen-bond donors (Lipinski definition) is 1. The van der Waals surface area contributed by atoms with Gasteiger partial charge in [0.05, 0.1) is 17.1 Å². The topological polar surface area (TPSA) is 66.6 Å². The highest BCUT2D eigenvalue weighted by molar-refractivity contribution is 5.65. The molecule has 1 fully saturated rings. The highest BCUT2D eigenvalue weighted by atomic mass is 19.4. The first-order valence-corrected chi connectivity index (χ1v) is 6.57. The smallest absolute Gasteiger partial charge is 0.395 e. The van der Waals surface area contributed by atoms with Crippen molar-refractivity contribution >= 4 is 11.4 Å². The van der Waals surface area contributed by atoms with Crippen LogP contribution in [0.2, 0.25) is 0 Å². The van der Waals surface area contributed by atoms with Crippen LogP contribution in [0.3, 0.4) is 0 Å². The molecule has 116 valence electrons. The van der Waals surface area contributed by atoms with Gasteiger partial charge in [-0.05, 0) is 31.4 Å². The molecule has 0 heterocycles. The molecular weight excluding hydrogens is 289 g/mol. The summed E-state index contributed by atoms with van der Waals surface area (Å²) in [6.07, 6.45) is -2.01. The maximum absolute atomic E-state index is 12.7. The van der Waals surface area contributed by atoms with E-state index < -0.39 is 22.4 Å². The van der Waals surface area contributed by atoms with Crippen molar-refractivity contribution in [2.75, 3.05) is 18.1 Å². The second kappa shape index (κ2) is 5.88. The molecule has 0 atom stereocenters. The molecule has 21 heavy (non-hydrogen) atoms. The maximum Gasteiger partial charge on any atom is 0.416 e. The normalized spacial score (nSPS) is 15.6.